The number of hydrogen-bond donors (Lipinski definition) is 0. The molecule has 0 unspecified atom stereocenters. The topological polar surface area (TPSA) is 104 Å². The molecule has 2 aliphatic heterocycles. The van der Waals surface area contributed by atoms with Crippen LogP contribution in [0.2, 0.25) is 0 Å². The predicted octanol–water partition coefficient (Wildman–Crippen LogP) is 2.65. The number of aryl methyl sites for hydroxylation is 1. The molecule has 2 aromatic rings. The fourth-order valence-corrected chi connectivity index (χ4v) is 5.61. The third-order valence-corrected chi connectivity index (χ3v) is 7.98. The van der Waals surface area contributed by atoms with Crippen LogP contribution in [0.25, 0.3) is 0 Å². The zero-order valence-corrected chi connectivity index (χ0v) is 18.8. The van der Waals surface area contributed by atoms with Crippen LogP contribution in [0.1, 0.15) is 28.8 Å². The van der Waals surface area contributed by atoms with Crippen molar-refractivity contribution >= 4 is 27.3 Å². The Morgan fingerprint density at radius 2 is 1.56 bits per heavy atom. The van der Waals surface area contributed by atoms with Crippen molar-refractivity contribution in [3.63, 3.8) is 0 Å². The standard InChI is InChI=1S/C22H26N4O5S/c1-17-4-7-19(8-5-17)32(30,31)25-14-12-23(13-15-25)18-6-9-21(26(28)29)20(16-18)22(27)24-10-2-3-11-24/h4-9,16H,2-3,10-15H2,1H3. The second-order valence-corrected chi connectivity index (χ2v) is 10.1. The minimum atomic E-state index is -3.58. The molecule has 0 atom stereocenters. The zero-order chi connectivity index (χ0) is 22.9. The van der Waals surface area contributed by atoms with Crippen molar-refractivity contribution < 1.29 is 18.1 Å². The maximum Gasteiger partial charge on any atom is 0.282 e. The molecule has 2 aromatic carbocycles. The summed E-state index contributed by atoms with van der Waals surface area (Å²) in [5.41, 5.74) is 1.56. The number of nitro benzene ring substituents is 1. The average molecular weight is 459 g/mol. The zero-order valence-electron chi connectivity index (χ0n) is 17.9. The lowest BCUT2D eigenvalue weighted by molar-refractivity contribution is -0.385. The second kappa shape index (κ2) is 8.87. The highest BCUT2D eigenvalue weighted by atomic mass is 32.2. The summed E-state index contributed by atoms with van der Waals surface area (Å²) in [4.78, 5) is 27.7. The van der Waals surface area contributed by atoms with Crippen molar-refractivity contribution in [1.82, 2.24) is 9.21 Å². The summed E-state index contributed by atoms with van der Waals surface area (Å²) in [6.45, 7) is 4.57. The molecule has 2 fully saturated rings. The van der Waals surface area contributed by atoms with E-state index in [0.29, 0.717) is 45.0 Å². The first-order valence-corrected chi connectivity index (χ1v) is 12.1. The summed E-state index contributed by atoms with van der Waals surface area (Å²) in [5.74, 6) is -0.323. The molecule has 170 valence electrons. The van der Waals surface area contributed by atoms with Gasteiger partial charge in [-0.3, -0.25) is 14.9 Å². The van der Waals surface area contributed by atoms with Crippen LogP contribution in [0.3, 0.4) is 0 Å². The Morgan fingerprint density at radius 3 is 2.16 bits per heavy atom. The molecule has 1 amide bonds. The fourth-order valence-electron chi connectivity index (χ4n) is 4.19. The first-order chi connectivity index (χ1) is 15.3. The summed E-state index contributed by atoms with van der Waals surface area (Å²) in [6.07, 6.45) is 1.80. The molecule has 0 bridgehead atoms. The third kappa shape index (κ3) is 4.33. The van der Waals surface area contributed by atoms with Gasteiger partial charge >= 0.3 is 0 Å². The van der Waals surface area contributed by atoms with Gasteiger partial charge in [-0.05, 0) is 44.0 Å². The van der Waals surface area contributed by atoms with Crippen molar-refractivity contribution in [2.45, 2.75) is 24.7 Å². The Balaban J connectivity index is 1.52. The number of amides is 1. The monoisotopic (exact) mass is 458 g/mol. The third-order valence-electron chi connectivity index (χ3n) is 6.06. The van der Waals surface area contributed by atoms with E-state index >= 15 is 0 Å². The van der Waals surface area contributed by atoms with Crippen LogP contribution >= 0.6 is 0 Å². The minimum Gasteiger partial charge on any atom is -0.369 e. The summed E-state index contributed by atoms with van der Waals surface area (Å²) >= 11 is 0. The number of rotatable bonds is 5. The first kappa shape index (κ1) is 22.2. The molecule has 0 saturated carbocycles. The van der Waals surface area contributed by atoms with Crippen molar-refractivity contribution in [2.75, 3.05) is 44.2 Å². The molecule has 0 N–H and O–H groups in total. The van der Waals surface area contributed by atoms with E-state index in [1.54, 1.807) is 41.3 Å². The van der Waals surface area contributed by atoms with Gasteiger partial charge in [-0.15, -0.1) is 0 Å². The smallest absolute Gasteiger partial charge is 0.282 e. The van der Waals surface area contributed by atoms with Crippen LogP contribution in [-0.2, 0) is 10.0 Å². The number of piperazine rings is 1. The normalized spacial score (nSPS) is 17.5. The van der Waals surface area contributed by atoms with Gasteiger partial charge in [0.1, 0.15) is 5.56 Å². The fraction of sp³-hybridized carbons (Fsp3) is 0.409. The maximum atomic E-state index is 12.9. The SMILES string of the molecule is Cc1ccc(S(=O)(=O)N2CCN(c3ccc([N+](=O)[O-])c(C(=O)N4CCCC4)c3)CC2)cc1. The van der Waals surface area contributed by atoms with Gasteiger partial charge in [0.05, 0.1) is 9.82 Å². The molecule has 32 heavy (non-hydrogen) atoms. The van der Waals surface area contributed by atoms with E-state index in [0.717, 1.165) is 18.4 Å². The van der Waals surface area contributed by atoms with E-state index in [2.05, 4.69) is 0 Å². The Morgan fingerprint density at radius 1 is 0.938 bits per heavy atom. The summed E-state index contributed by atoms with van der Waals surface area (Å²) in [7, 11) is -3.58. The molecule has 9 nitrogen and oxygen atoms in total. The van der Waals surface area contributed by atoms with Gasteiger partial charge in [0.25, 0.3) is 11.6 Å². The van der Waals surface area contributed by atoms with Crippen molar-refractivity contribution in [1.29, 1.82) is 0 Å². The number of nitro groups is 1. The lowest BCUT2D eigenvalue weighted by Gasteiger charge is -2.35. The largest absolute Gasteiger partial charge is 0.369 e. The Bertz CT molecular complexity index is 1120. The number of carbonyl (C=O) groups is 1. The number of carbonyl (C=O) groups excluding carboxylic acids is 1. The van der Waals surface area contributed by atoms with Crippen LogP contribution in [0.4, 0.5) is 11.4 Å². The number of nitrogens with zero attached hydrogens (tertiary/aromatic N) is 4. The molecular formula is C22H26N4O5S. The average Bonchev–Trinajstić information content (AvgIpc) is 3.33. The van der Waals surface area contributed by atoms with E-state index in [-0.39, 0.29) is 22.1 Å². The molecule has 2 saturated heterocycles. The van der Waals surface area contributed by atoms with E-state index < -0.39 is 14.9 Å². The van der Waals surface area contributed by atoms with Gasteiger partial charge in [0.2, 0.25) is 10.0 Å². The molecular weight excluding hydrogens is 432 g/mol. The number of anilines is 1. The molecule has 0 aliphatic carbocycles. The van der Waals surface area contributed by atoms with E-state index in [4.69, 9.17) is 0 Å². The van der Waals surface area contributed by atoms with E-state index in [1.807, 2.05) is 11.8 Å². The molecule has 4 rings (SSSR count). The maximum absolute atomic E-state index is 12.9. The van der Waals surface area contributed by atoms with Gasteiger partial charge in [-0.2, -0.15) is 4.31 Å². The lowest BCUT2D eigenvalue weighted by atomic mass is 10.1. The molecule has 0 spiro atoms. The quantitative estimate of drug-likeness (QED) is 0.504. The highest BCUT2D eigenvalue weighted by molar-refractivity contribution is 7.89. The van der Waals surface area contributed by atoms with Crippen LogP contribution in [0, 0.1) is 17.0 Å². The van der Waals surface area contributed by atoms with Gasteiger partial charge in [-0.25, -0.2) is 8.42 Å². The minimum absolute atomic E-state index is 0.0871. The van der Waals surface area contributed by atoms with Crippen molar-refractivity contribution in [2.24, 2.45) is 0 Å². The van der Waals surface area contributed by atoms with Gasteiger partial charge < -0.3 is 9.80 Å². The second-order valence-electron chi connectivity index (χ2n) is 8.16. The van der Waals surface area contributed by atoms with Crippen LogP contribution in [0.5, 0.6) is 0 Å². The highest BCUT2D eigenvalue weighted by Crippen LogP contribution is 2.29. The van der Waals surface area contributed by atoms with Crippen LogP contribution in [-0.4, -0.2) is 67.7 Å². The highest BCUT2D eigenvalue weighted by Gasteiger charge is 2.31. The molecule has 2 heterocycles. The van der Waals surface area contributed by atoms with Gasteiger partial charge in [0.15, 0.2) is 0 Å². The van der Waals surface area contributed by atoms with Crippen molar-refractivity contribution in [3.05, 3.63) is 63.7 Å². The number of likely N-dealkylation sites (tertiary alicyclic amines) is 1. The number of sulfonamides is 1. The molecule has 0 aromatic heterocycles. The molecule has 0 radical (unpaired) electrons. The lowest BCUT2D eigenvalue weighted by Crippen LogP contribution is -2.48. The Labute approximate surface area is 187 Å². The number of hydrogen-bond acceptors (Lipinski definition) is 6. The van der Waals surface area contributed by atoms with Gasteiger partial charge in [-0.1, -0.05) is 17.7 Å². The molecule has 10 heteroatoms. The van der Waals surface area contributed by atoms with Crippen LogP contribution in [0.15, 0.2) is 47.4 Å². The first-order valence-electron chi connectivity index (χ1n) is 10.7. The predicted molar refractivity (Wildman–Crippen MR) is 120 cm³/mol. The van der Waals surface area contributed by atoms with E-state index in [9.17, 15) is 23.3 Å². The number of benzene rings is 2. The van der Waals surface area contributed by atoms with Gasteiger partial charge in [0, 0.05) is 51.0 Å². The summed E-state index contributed by atoms with van der Waals surface area (Å²) < 4.78 is 27.3. The van der Waals surface area contributed by atoms with E-state index in [1.165, 1.54) is 10.4 Å². The van der Waals surface area contributed by atoms with Crippen LogP contribution < -0.4 is 4.90 Å². The molecule has 2 aliphatic rings. The summed E-state index contributed by atoms with van der Waals surface area (Å²) in [5, 5.41) is 11.5. The summed E-state index contributed by atoms with van der Waals surface area (Å²) in [6, 6.07) is 11.4. The Hall–Kier alpha value is -2.98. The van der Waals surface area contributed by atoms with Crippen molar-refractivity contribution in [3.8, 4) is 0 Å². The Kier molecular flexibility index (Phi) is 6.16.